The minimum absolute atomic E-state index is 0.520. The third-order valence-corrected chi connectivity index (χ3v) is 6.16. The Morgan fingerprint density at radius 3 is 2.23 bits per heavy atom. The number of methoxy groups -OCH3 is 1. The highest BCUT2D eigenvalue weighted by Crippen LogP contribution is 2.35. The third-order valence-electron chi connectivity index (χ3n) is 5.08. The Balaban J connectivity index is 1.98. The number of hydrogen-bond acceptors (Lipinski definition) is 5. The van der Waals surface area contributed by atoms with Gasteiger partial charge < -0.3 is 4.74 Å². The molecule has 0 heterocycles. The molecule has 0 aliphatic heterocycles. The van der Waals surface area contributed by atoms with Crippen molar-refractivity contribution in [2.24, 2.45) is 5.84 Å². The number of nitrogens with two attached hydrogens (primary N) is 1. The Morgan fingerprint density at radius 2 is 1.65 bits per heavy atom. The summed E-state index contributed by atoms with van der Waals surface area (Å²) in [6, 6.07) is 24.4. The summed E-state index contributed by atoms with van der Waals surface area (Å²) in [6.07, 6.45) is 3.48. The fourth-order valence-electron chi connectivity index (χ4n) is 3.46. The zero-order valence-corrected chi connectivity index (χ0v) is 18.9. The van der Waals surface area contributed by atoms with Crippen LogP contribution in [0.2, 0.25) is 0 Å². The van der Waals surface area contributed by atoms with Gasteiger partial charge in [-0.15, -0.1) is 0 Å². The van der Waals surface area contributed by atoms with E-state index in [-0.39, 0.29) is 0 Å². The number of rotatable bonds is 8. The van der Waals surface area contributed by atoms with E-state index in [1.165, 1.54) is 0 Å². The monoisotopic (exact) mass is 429 g/mol. The fourth-order valence-corrected chi connectivity index (χ4v) is 4.42. The highest BCUT2D eigenvalue weighted by Gasteiger charge is 2.14. The maximum Gasteiger partial charge on any atom is 0.118 e. The number of nitriles is 1. The maximum absolute atomic E-state index is 9.96. The Kier molecular flexibility index (Phi) is 7.77. The lowest BCUT2D eigenvalue weighted by molar-refractivity contribution is 0.414. The Morgan fingerprint density at radius 1 is 1.00 bits per heavy atom. The molecule has 0 radical (unpaired) electrons. The van der Waals surface area contributed by atoms with Crippen molar-refractivity contribution < 1.29 is 4.74 Å². The van der Waals surface area contributed by atoms with Crippen LogP contribution < -0.4 is 15.6 Å². The first-order valence-corrected chi connectivity index (χ1v) is 11.1. The second kappa shape index (κ2) is 10.7. The molecule has 0 aliphatic rings. The highest BCUT2D eigenvalue weighted by atomic mass is 32.2. The lowest BCUT2D eigenvalue weighted by Crippen LogP contribution is -2.27. The van der Waals surface area contributed by atoms with Crippen molar-refractivity contribution in [3.8, 4) is 11.8 Å². The summed E-state index contributed by atoms with van der Waals surface area (Å²) in [5, 5.41) is 11.6. The molecule has 2 N–H and O–H groups in total. The van der Waals surface area contributed by atoms with Crippen LogP contribution in [0.3, 0.4) is 0 Å². The van der Waals surface area contributed by atoms with Gasteiger partial charge in [-0.1, -0.05) is 62.0 Å². The van der Waals surface area contributed by atoms with Crippen molar-refractivity contribution in [3.05, 3.63) is 89.6 Å². The smallest absolute Gasteiger partial charge is 0.118 e. The second-order valence-electron chi connectivity index (χ2n) is 6.97. The molecular formula is C26H27N3OS. The molecule has 0 bridgehead atoms. The Labute approximate surface area is 188 Å². The normalized spacial score (nSPS) is 11.1. The summed E-state index contributed by atoms with van der Waals surface area (Å²) in [5.74, 6) is 7.30. The molecule has 0 fully saturated rings. The molecule has 0 atom stereocenters. The summed E-state index contributed by atoms with van der Waals surface area (Å²) in [5.41, 5.74) is 4.67. The topological polar surface area (TPSA) is 62.3 Å². The van der Waals surface area contributed by atoms with Crippen LogP contribution in [0.15, 0.2) is 82.7 Å². The van der Waals surface area contributed by atoms with Gasteiger partial charge in [0, 0.05) is 21.6 Å². The molecule has 158 valence electrons. The van der Waals surface area contributed by atoms with Gasteiger partial charge in [0.15, 0.2) is 0 Å². The standard InChI is InChI=1S/C26H27N3OS/c1-4-19-9-8-10-20(5-2)26(19)29(28)18-21(17-27)24-11-6-7-12-25(24)31-23-15-13-22(30-3)14-16-23/h6-16,18H,4-5,28H2,1-3H3/b21-18+. The van der Waals surface area contributed by atoms with E-state index in [1.807, 2.05) is 48.5 Å². The van der Waals surface area contributed by atoms with Gasteiger partial charge in [-0.25, -0.2) is 5.84 Å². The van der Waals surface area contributed by atoms with Crippen molar-refractivity contribution in [2.75, 3.05) is 12.1 Å². The van der Waals surface area contributed by atoms with Crippen molar-refractivity contribution in [2.45, 2.75) is 36.5 Å². The average molecular weight is 430 g/mol. The number of hydrogen-bond donors (Lipinski definition) is 1. The summed E-state index contributed by atoms with van der Waals surface area (Å²) in [7, 11) is 1.65. The molecule has 31 heavy (non-hydrogen) atoms. The molecule has 0 spiro atoms. The summed E-state index contributed by atoms with van der Waals surface area (Å²) < 4.78 is 5.24. The first-order valence-electron chi connectivity index (χ1n) is 10.3. The van der Waals surface area contributed by atoms with Crippen LogP contribution >= 0.6 is 11.8 Å². The minimum atomic E-state index is 0.520. The summed E-state index contributed by atoms with van der Waals surface area (Å²) in [4.78, 5) is 2.06. The van der Waals surface area contributed by atoms with E-state index >= 15 is 0 Å². The molecule has 5 heteroatoms. The van der Waals surface area contributed by atoms with Crippen LogP contribution in [0.25, 0.3) is 5.57 Å². The van der Waals surface area contributed by atoms with Gasteiger partial charge in [0.05, 0.1) is 18.4 Å². The molecule has 3 aromatic carbocycles. The minimum Gasteiger partial charge on any atom is -0.497 e. The van der Waals surface area contributed by atoms with E-state index in [9.17, 15) is 5.26 Å². The maximum atomic E-state index is 9.96. The molecule has 0 saturated carbocycles. The number of para-hydroxylation sites is 1. The molecule has 3 rings (SSSR count). The number of aryl methyl sites for hydroxylation is 2. The Bertz CT molecular complexity index is 1080. The van der Waals surface area contributed by atoms with Crippen LogP contribution in [-0.4, -0.2) is 7.11 Å². The van der Waals surface area contributed by atoms with Crippen LogP contribution in [0.1, 0.15) is 30.5 Å². The molecule has 3 aromatic rings. The lowest BCUT2D eigenvalue weighted by Gasteiger charge is -2.22. The van der Waals surface area contributed by atoms with Gasteiger partial charge in [-0.05, 0) is 54.3 Å². The lowest BCUT2D eigenvalue weighted by atomic mass is 10.0. The van der Waals surface area contributed by atoms with Crippen LogP contribution in [0, 0.1) is 11.3 Å². The van der Waals surface area contributed by atoms with E-state index in [0.717, 1.165) is 50.8 Å². The van der Waals surface area contributed by atoms with Gasteiger partial charge in [0.25, 0.3) is 0 Å². The zero-order chi connectivity index (χ0) is 22.2. The van der Waals surface area contributed by atoms with E-state index in [4.69, 9.17) is 10.6 Å². The predicted octanol–water partition coefficient (Wildman–Crippen LogP) is 6.22. The molecule has 0 aliphatic carbocycles. The molecule has 0 aromatic heterocycles. The van der Waals surface area contributed by atoms with E-state index < -0.39 is 0 Å². The van der Waals surface area contributed by atoms with Crippen molar-refractivity contribution >= 4 is 23.0 Å². The zero-order valence-electron chi connectivity index (χ0n) is 18.1. The molecule has 4 nitrogen and oxygen atoms in total. The molecule has 0 saturated heterocycles. The van der Waals surface area contributed by atoms with Crippen molar-refractivity contribution in [1.29, 1.82) is 5.26 Å². The van der Waals surface area contributed by atoms with Crippen LogP contribution in [-0.2, 0) is 12.8 Å². The van der Waals surface area contributed by atoms with Gasteiger partial charge in [-0.2, -0.15) is 5.26 Å². The number of ether oxygens (including phenoxy) is 1. The van der Waals surface area contributed by atoms with Gasteiger partial charge >= 0.3 is 0 Å². The Hall–Kier alpha value is -3.20. The summed E-state index contributed by atoms with van der Waals surface area (Å²) in [6.45, 7) is 4.23. The largest absolute Gasteiger partial charge is 0.497 e. The average Bonchev–Trinajstić information content (AvgIpc) is 2.82. The predicted molar refractivity (Wildman–Crippen MR) is 129 cm³/mol. The van der Waals surface area contributed by atoms with Crippen molar-refractivity contribution in [3.63, 3.8) is 0 Å². The van der Waals surface area contributed by atoms with E-state index in [1.54, 1.807) is 30.1 Å². The van der Waals surface area contributed by atoms with Crippen molar-refractivity contribution in [1.82, 2.24) is 0 Å². The molecular weight excluding hydrogens is 402 g/mol. The van der Waals surface area contributed by atoms with E-state index in [0.29, 0.717) is 5.57 Å². The highest BCUT2D eigenvalue weighted by molar-refractivity contribution is 7.99. The number of hydrazine groups is 1. The van der Waals surface area contributed by atoms with Crippen LogP contribution in [0.5, 0.6) is 5.75 Å². The number of benzene rings is 3. The number of anilines is 1. The first kappa shape index (κ1) is 22.5. The van der Waals surface area contributed by atoms with Crippen LogP contribution in [0.4, 0.5) is 5.69 Å². The second-order valence-corrected chi connectivity index (χ2v) is 8.08. The third kappa shape index (κ3) is 5.29. The van der Waals surface area contributed by atoms with Gasteiger partial charge in [-0.3, -0.25) is 5.01 Å². The van der Waals surface area contributed by atoms with Gasteiger partial charge in [0.2, 0.25) is 0 Å². The number of nitrogens with zero attached hydrogens (tertiary/aromatic N) is 2. The number of allylic oxidation sites excluding steroid dienone is 1. The summed E-state index contributed by atoms with van der Waals surface area (Å²) >= 11 is 1.61. The molecule has 0 unspecified atom stereocenters. The van der Waals surface area contributed by atoms with E-state index in [2.05, 4.69) is 38.1 Å². The quantitative estimate of drug-likeness (QED) is 0.262. The SMILES string of the molecule is CCc1cccc(CC)c1N(N)/C=C(\C#N)c1ccccc1Sc1ccc(OC)cc1. The molecule has 0 amide bonds. The fraction of sp³-hybridized carbons (Fsp3) is 0.192. The van der Waals surface area contributed by atoms with Gasteiger partial charge in [0.1, 0.15) is 11.8 Å². The first-order chi connectivity index (χ1) is 15.1.